The van der Waals surface area contributed by atoms with Gasteiger partial charge in [0.25, 0.3) is 0 Å². The maximum atomic E-state index is 11.9. The SMILES string of the molecule is O=C(Nc1ccc(Cl)c(Cl)c1)Nc1cccc(Cl)c1Br. The zero-order valence-electron chi connectivity index (χ0n) is 9.88. The molecule has 0 aromatic heterocycles. The van der Waals surface area contributed by atoms with Crippen LogP contribution in [0.5, 0.6) is 0 Å². The second-order valence-corrected chi connectivity index (χ2v) is 5.82. The lowest BCUT2D eigenvalue weighted by Crippen LogP contribution is -2.19. The van der Waals surface area contributed by atoms with Gasteiger partial charge in [-0.2, -0.15) is 0 Å². The van der Waals surface area contributed by atoms with Crippen molar-refractivity contribution in [3.05, 3.63) is 55.9 Å². The van der Waals surface area contributed by atoms with Crippen LogP contribution in [-0.2, 0) is 0 Å². The molecule has 0 aliphatic rings. The Morgan fingerprint density at radius 1 is 0.950 bits per heavy atom. The first-order chi connectivity index (χ1) is 9.47. The molecule has 0 spiro atoms. The number of rotatable bonds is 2. The molecule has 3 nitrogen and oxygen atoms in total. The van der Waals surface area contributed by atoms with E-state index in [0.29, 0.717) is 30.9 Å². The molecule has 20 heavy (non-hydrogen) atoms. The van der Waals surface area contributed by atoms with Gasteiger partial charge < -0.3 is 10.6 Å². The van der Waals surface area contributed by atoms with Gasteiger partial charge in [0.15, 0.2) is 0 Å². The minimum absolute atomic E-state index is 0.369. The van der Waals surface area contributed by atoms with Crippen LogP contribution in [0.15, 0.2) is 40.9 Å². The number of halogens is 4. The molecule has 0 saturated carbocycles. The minimum atomic E-state index is -0.411. The second-order valence-electron chi connectivity index (χ2n) is 3.81. The third-order valence-corrected chi connectivity index (χ3v) is 4.51. The first-order valence-corrected chi connectivity index (χ1v) is 7.37. The van der Waals surface area contributed by atoms with Gasteiger partial charge in [-0.15, -0.1) is 0 Å². The number of amides is 2. The summed E-state index contributed by atoms with van der Waals surface area (Å²) in [5.74, 6) is 0. The van der Waals surface area contributed by atoms with E-state index >= 15 is 0 Å². The van der Waals surface area contributed by atoms with Crippen molar-refractivity contribution in [1.82, 2.24) is 0 Å². The van der Waals surface area contributed by atoms with Crippen LogP contribution in [0.4, 0.5) is 16.2 Å². The molecule has 0 atom stereocenters. The van der Waals surface area contributed by atoms with E-state index in [2.05, 4.69) is 26.6 Å². The van der Waals surface area contributed by atoms with Crippen LogP contribution in [0.2, 0.25) is 15.1 Å². The van der Waals surface area contributed by atoms with Gasteiger partial charge in [0, 0.05) is 5.69 Å². The summed E-state index contributed by atoms with van der Waals surface area (Å²) >= 11 is 20.9. The van der Waals surface area contributed by atoms with Gasteiger partial charge in [-0.05, 0) is 46.3 Å². The fraction of sp³-hybridized carbons (Fsp3) is 0. The number of hydrogen-bond acceptors (Lipinski definition) is 1. The fourth-order valence-corrected chi connectivity index (χ4v) is 2.29. The lowest BCUT2D eigenvalue weighted by atomic mass is 10.3. The van der Waals surface area contributed by atoms with E-state index in [1.54, 1.807) is 36.4 Å². The van der Waals surface area contributed by atoms with Crippen molar-refractivity contribution >= 4 is 68.1 Å². The molecule has 2 rings (SSSR count). The van der Waals surface area contributed by atoms with Gasteiger partial charge in [-0.3, -0.25) is 0 Å². The Kier molecular flexibility index (Phi) is 5.16. The Hall–Kier alpha value is -0.940. The Labute approximate surface area is 139 Å². The van der Waals surface area contributed by atoms with Crippen LogP contribution < -0.4 is 10.6 Å². The molecule has 2 N–H and O–H groups in total. The highest BCUT2D eigenvalue weighted by Crippen LogP contribution is 2.30. The van der Waals surface area contributed by atoms with E-state index in [9.17, 15) is 4.79 Å². The number of nitrogens with one attached hydrogen (secondary N) is 2. The van der Waals surface area contributed by atoms with Crippen LogP contribution in [-0.4, -0.2) is 6.03 Å². The van der Waals surface area contributed by atoms with Crippen LogP contribution in [0.1, 0.15) is 0 Å². The fourth-order valence-electron chi connectivity index (χ4n) is 1.46. The van der Waals surface area contributed by atoms with Crippen molar-refractivity contribution in [2.45, 2.75) is 0 Å². The van der Waals surface area contributed by atoms with E-state index in [1.165, 1.54) is 0 Å². The van der Waals surface area contributed by atoms with Crippen molar-refractivity contribution in [1.29, 1.82) is 0 Å². The zero-order chi connectivity index (χ0) is 14.7. The number of anilines is 2. The van der Waals surface area contributed by atoms with E-state index in [1.807, 2.05) is 0 Å². The van der Waals surface area contributed by atoms with Crippen molar-refractivity contribution < 1.29 is 4.79 Å². The van der Waals surface area contributed by atoms with Gasteiger partial charge in [-0.25, -0.2) is 4.79 Å². The van der Waals surface area contributed by atoms with Gasteiger partial charge in [-0.1, -0.05) is 40.9 Å². The molecular weight excluding hydrogens is 386 g/mol. The molecule has 104 valence electrons. The van der Waals surface area contributed by atoms with Gasteiger partial charge >= 0.3 is 6.03 Å². The first-order valence-electron chi connectivity index (χ1n) is 5.44. The van der Waals surface area contributed by atoms with Crippen molar-refractivity contribution in [2.75, 3.05) is 10.6 Å². The van der Waals surface area contributed by atoms with Crippen LogP contribution >= 0.6 is 50.7 Å². The van der Waals surface area contributed by atoms with Gasteiger partial charge in [0.1, 0.15) is 0 Å². The summed E-state index contributed by atoms with van der Waals surface area (Å²) in [7, 11) is 0. The third-order valence-electron chi connectivity index (χ3n) is 2.38. The Morgan fingerprint density at radius 2 is 1.70 bits per heavy atom. The second kappa shape index (κ2) is 6.68. The first kappa shape index (κ1) is 15.4. The summed E-state index contributed by atoms with van der Waals surface area (Å²) in [4.78, 5) is 11.9. The predicted molar refractivity (Wildman–Crippen MR) is 88.3 cm³/mol. The van der Waals surface area contributed by atoms with Crippen molar-refractivity contribution in [2.24, 2.45) is 0 Å². The lowest BCUT2D eigenvalue weighted by Gasteiger charge is -2.10. The molecule has 2 aromatic rings. The Bertz CT molecular complexity index is 664. The topological polar surface area (TPSA) is 41.1 Å². The molecule has 2 aromatic carbocycles. The number of carbonyl (C=O) groups excluding carboxylic acids is 1. The monoisotopic (exact) mass is 392 g/mol. The summed E-state index contributed by atoms with van der Waals surface area (Å²) < 4.78 is 0.617. The van der Waals surface area contributed by atoms with E-state index < -0.39 is 6.03 Å². The normalized spacial score (nSPS) is 10.2. The average molecular weight is 394 g/mol. The lowest BCUT2D eigenvalue weighted by molar-refractivity contribution is 0.262. The largest absolute Gasteiger partial charge is 0.323 e. The molecular formula is C13H8BrCl3N2O. The summed E-state index contributed by atoms with van der Waals surface area (Å²) in [6, 6.07) is 9.60. The van der Waals surface area contributed by atoms with Crippen molar-refractivity contribution in [3.63, 3.8) is 0 Å². The Balaban J connectivity index is 2.09. The molecule has 0 fully saturated rings. The number of benzene rings is 2. The number of carbonyl (C=O) groups is 1. The summed E-state index contributed by atoms with van der Waals surface area (Å²) in [6.07, 6.45) is 0. The number of hydrogen-bond donors (Lipinski definition) is 2. The standard InChI is InChI=1S/C13H8BrCl3N2O/c14-12-9(16)2-1-3-11(12)19-13(20)18-7-4-5-8(15)10(17)6-7/h1-6H,(H2,18,19,20). The Morgan fingerprint density at radius 3 is 2.40 bits per heavy atom. The molecule has 0 bridgehead atoms. The van der Waals surface area contributed by atoms with Crippen LogP contribution in [0.25, 0.3) is 0 Å². The average Bonchev–Trinajstić information content (AvgIpc) is 2.39. The molecule has 7 heteroatoms. The number of urea groups is 1. The molecule has 0 unspecified atom stereocenters. The molecule has 0 aliphatic carbocycles. The molecule has 0 heterocycles. The smallest absolute Gasteiger partial charge is 0.308 e. The van der Waals surface area contributed by atoms with E-state index in [0.717, 1.165) is 0 Å². The molecule has 2 amide bonds. The zero-order valence-corrected chi connectivity index (χ0v) is 13.7. The summed E-state index contributed by atoms with van der Waals surface area (Å²) in [5.41, 5.74) is 1.10. The molecule has 0 aliphatic heterocycles. The highest BCUT2D eigenvalue weighted by Gasteiger charge is 2.08. The minimum Gasteiger partial charge on any atom is -0.308 e. The summed E-state index contributed by atoms with van der Waals surface area (Å²) in [6.45, 7) is 0. The van der Waals surface area contributed by atoms with Crippen LogP contribution in [0, 0.1) is 0 Å². The van der Waals surface area contributed by atoms with Gasteiger partial charge in [0.05, 0.1) is 25.2 Å². The van der Waals surface area contributed by atoms with Crippen molar-refractivity contribution in [3.8, 4) is 0 Å². The van der Waals surface area contributed by atoms with E-state index in [4.69, 9.17) is 34.8 Å². The summed E-state index contributed by atoms with van der Waals surface area (Å²) in [5, 5.41) is 6.63. The van der Waals surface area contributed by atoms with Gasteiger partial charge in [0.2, 0.25) is 0 Å². The quantitative estimate of drug-likeness (QED) is 0.639. The molecule has 0 radical (unpaired) electrons. The van der Waals surface area contributed by atoms with Crippen LogP contribution in [0.3, 0.4) is 0 Å². The highest BCUT2D eigenvalue weighted by molar-refractivity contribution is 9.10. The maximum Gasteiger partial charge on any atom is 0.323 e. The van der Waals surface area contributed by atoms with E-state index in [-0.39, 0.29) is 0 Å². The highest BCUT2D eigenvalue weighted by atomic mass is 79.9. The third kappa shape index (κ3) is 3.79. The maximum absolute atomic E-state index is 11.9. The predicted octanol–water partition coefficient (Wildman–Crippen LogP) is 6.05. The molecule has 0 saturated heterocycles.